The maximum atomic E-state index is 4.28. The van der Waals surface area contributed by atoms with Crippen LogP contribution in [0.15, 0.2) is 48.8 Å². The smallest absolute Gasteiger partial charge is 0.252 e. The van der Waals surface area contributed by atoms with Crippen molar-refractivity contribution in [2.24, 2.45) is 0 Å². The van der Waals surface area contributed by atoms with Crippen LogP contribution in [0.2, 0.25) is 0 Å². The van der Waals surface area contributed by atoms with E-state index < -0.39 is 0 Å². The fourth-order valence-electron chi connectivity index (χ4n) is 1.58. The highest BCUT2D eigenvalue weighted by atomic mass is 15.4. The SMILES string of the molecule is c1ccc(-c2n[nH][n+]3ccccc23)nc1. The molecule has 0 aromatic carbocycles. The first-order valence-corrected chi connectivity index (χ1v) is 4.71. The van der Waals surface area contributed by atoms with E-state index in [1.165, 1.54) is 0 Å². The van der Waals surface area contributed by atoms with Gasteiger partial charge in [0.2, 0.25) is 5.52 Å². The number of nitrogens with zero attached hydrogens (tertiary/aromatic N) is 3. The van der Waals surface area contributed by atoms with Crippen LogP contribution in [0, 0.1) is 0 Å². The Morgan fingerprint density at radius 2 is 2.00 bits per heavy atom. The third-order valence-corrected chi connectivity index (χ3v) is 2.28. The van der Waals surface area contributed by atoms with Gasteiger partial charge >= 0.3 is 0 Å². The van der Waals surface area contributed by atoms with Gasteiger partial charge in [0.1, 0.15) is 11.9 Å². The van der Waals surface area contributed by atoms with Crippen molar-refractivity contribution in [1.29, 1.82) is 0 Å². The highest BCUT2D eigenvalue weighted by Crippen LogP contribution is 2.15. The minimum atomic E-state index is 0.871. The zero-order valence-corrected chi connectivity index (χ0v) is 7.96. The second kappa shape index (κ2) is 3.16. The van der Waals surface area contributed by atoms with Crippen molar-refractivity contribution in [1.82, 2.24) is 15.3 Å². The first-order chi connectivity index (χ1) is 7.45. The molecule has 4 nitrogen and oxygen atoms in total. The van der Waals surface area contributed by atoms with Gasteiger partial charge in [-0.05, 0) is 24.3 Å². The topological polar surface area (TPSA) is 45.7 Å². The first kappa shape index (κ1) is 8.11. The highest BCUT2D eigenvalue weighted by Gasteiger charge is 2.16. The fraction of sp³-hybridized carbons (Fsp3) is 0. The van der Waals surface area contributed by atoms with Gasteiger partial charge < -0.3 is 0 Å². The molecule has 3 aromatic heterocycles. The van der Waals surface area contributed by atoms with Crippen molar-refractivity contribution in [3.8, 4) is 11.4 Å². The third-order valence-electron chi connectivity index (χ3n) is 2.28. The Bertz CT molecular complexity index is 586. The largest absolute Gasteiger partial charge is 0.274 e. The number of hydrogen-bond acceptors (Lipinski definition) is 2. The molecule has 0 saturated heterocycles. The molecule has 15 heavy (non-hydrogen) atoms. The van der Waals surface area contributed by atoms with Gasteiger partial charge in [-0.15, -0.1) is 4.52 Å². The number of aromatic nitrogens is 4. The Balaban J connectivity index is 2.28. The molecule has 0 aliphatic rings. The molecule has 0 saturated carbocycles. The predicted molar refractivity (Wildman–Crippen MR) is 55.0 cm³/mol. The molecule has 0 aliphatic heterocycles. The van der Waals surface area contributed by atoms with Gasteiger partial charge in [-0.2, -0.15) is 0 Å². The second-order valence-corrected chi connectivity index (χ2v) is 3.23. The summed E-state index contributed by atoms with van der Waals surface area (Å²) in [5.74, 6) is 0. The summed E-state index contributed by atoms with van der Waals surface area (Å²) in [6, 6.07) is 11.7. The van der Waals surface area contributed by atoms with E-state index in [4.69, 9.17) is 0 Å². The van der Waals surface area contributed by atoms with Crippen LogP contribution in [0.5, 0.6) is 0 Å². The van der Waals surface area contributed by atoms with Crippen molar-refractivity contribution in [2.45, 2.75) is 0 Å². The maximum Gasteiger partial charge on any atom is 0.274 e. The summed E-state index contributed by atoms with van der Waals surface area (Å²) in [6.07, 6.45) is 3.69. The molecule has 0 amide bonds. The molecule has 0 spiro atoms. The summed E-state index contributed by atoms with van der Waals surface area (Å²) in [4.78, 5) is 4.28. The number of hydrogen-bond donors (Lipinski definition) is 1. The highest BCUT2D eigenvalue weighted by molar-refractivity contribution is 5.70. The average Bonchev–Trinajstić information content (AvgIpc) is 2.74. The normalized spacial score (nSPS) is 10.7. The van der Waals surface area contributed by atoms with E-state index in [0.717, 1.165) is 16.9 Å². The number of aromatic amines is 1. The number of fused-ring (bicyclic) bond motifs is 1. The van der Waals surface area contributed by atoms with Crippen LogP contribution in [-0.2, 0) is 0 Å². The molecule has 3 rings (SSSR count). The molecule has 72 valence electrons. The number of H-pyrrole nitrogens is 1. The van der Waals surface area contributed by atoms with E-state index in [1.54, 1.807) is 6.20 Å². The molecule has 0 radical (unpaired) electrons. The Morgan fingerprint density at radius 3 is 2.87 bits per heavy atom. The molecular weight excluding hydrogens is 188 g/mol. The predicted octanol–water partition coefficient (Wildman–Crippen LogP) is 1.21. The molecule has 0 unspecified atom stereocenters. The summed E-state index contributed by atoms with van der Waals surface area (Å²) in [5, 5.41) is 7.15. The lowest BCUT2D eigenvalue weighted by Crippen LogP contribution is -2.21. The standard InChI is InChI=1S/C11H8N4/c1-3-7-12-9(5-1)11-10-6-2-4-8-15(10)14-13-11/h1-8H/p+1. The van der Waals surface area contributed by atoms with E-state index in [2.05, 4.69) is 15.3 Å². The number of pyridine rings is 2. The van der Waals surface area contributed by atoms with Crippen LogP contribution in [0.3, 0.4) is 0 Å². The summed E-state index contributed by atoms with van der Waals surface area (Å²) < 4.78 is 1.87. The third kappa shape index (κ3) is 1.27. The van der Waals surface area contributed by atoms with Crippen LogP contribution >= 0.6 is 0 Å². The van der Waals surface area contributed by atoms with Gasteiger partial charge in [-0.3, -0.25) is 4.98 Å². The quantitative estimate of drug-likeness (QED) is 0.596. The molecular formula is C11H9N4+. The number of rotatable bonds is 1. The summed E-state index contributed by atoms with van der Waals surface area (Å²) >= 11 is 0. The zero-order valence-electron chi connectivity index (χ0n) is 7.96. The summed E-state index contributed by atoms with van der Waals surface area (Å²) in [6.45, 7) is 0. The van der Waals surface area contributed by atoms with Gasteiger partial charge in [-0.25, -0.2) is 0 Å². The maximum absolute atomic E-state index is 4.28. The van der Waals surface area contributed by atoms with Gasteiger partial charge in [0.15, 0.2) is 0 Å². The molecule has 3 heterocycles. The Hall–Kier alpha value is -2.23. The molecule has 0 fully saturated rings. The Labute approximate surface area is 86.2 Å². The molecule has 1 N–H and O–H groups in total. The lowest BCUT2D eigenvalue weighted by molar-refractivity contribution is -0.581. The summed E-state index contributed by atoms with van der Waals surface area (Å²) in [5.41, 5.74) is 2.77. The van der Waals surface area contributed by atoms with Crippen LogP contribution in [0.4, 0.5) is 0 Å². The van der Waals surface area contributed by atoms with Crippen LogP contribution in [0.1, 0.15) is 0 Å². The van der Waals surface area contributed by atoms with Crippen molar-refractivity contribution in [3.05, 3.63) is 48.8 Å². The Morgan fingerprint density at radius 1 is 1.07 bits per heavy atom. The summed E-state index contributed by atoms with van der Waals surface area (Å²) in [7, 11) is 0. The molecule has 4 heteroatoms. The lowest BCUT2D eigenvalue weighted by atomic mass is 10.2. The minimum Gasteiger partial charge on any atom is -0.252 e. The van der Waals surface area contributed by atoms with E-state index in [0.29, 0.717) is 0 Å². The fourth-order valence-corrected chi connectivity index (χ4v) is 1.58. The average molecular weight is 197 g/mol. The van der Waals surface area contributed by atoms with Crippen molar-refractivity contribution in [3.63, 3.8) is 0 Å². The van der Waals surface area contributed by atoms with E-state index in [9.17, 15) is 0 Å². The molecule has 0 atom stereocenters. The van der Waals surface area contributed by atoms with Crippen LogP contribution in [-0.4, -0.2) is 15.3 Å². The molecule has 0 bridgehead atoms. The van der Waals surface area contributed by atoms with Crippen molar-refractivity contribution < 1.29 is 4.52 Å². The van der Waals surface area contributed by atoms with Crippen LogP contribution in [0.25, 0.3) is 16.9 Å². The van der Waals surface area contributed by atoms with Crippen LogP contribution < -0.4 is 4.52 Å². The van der Waals surface area contributed by atoms with Crippen molar-refractivity contribution >= 4 is 5.52 Å². The molecule has 0 aliphatic carbocycles. The minimum absolute atomic E-state index is 0.871. The van der Waals surface area contributed by atoms with Gasteiger partial charge in [0.05, 0.1) is 0 Å². The molecule has 3 aromatic rings. The van der Waals surface area contributed by atoms with Gasteiger partial charge in [-0.1, -0.05) is 17.3 Å². The lowest BCUT2D eigenvalue weighted by Gasteiger charge is -1.89. The van der Waals surface area contributed by atoms with E-state index in [-0.39, 0.29) is 0 Å². The zero-order chi connectivity index (χ0) is 10.1. The van der Waals surface area contributed by atoms with Gasteiger partial charge in [0.25, 0.3) is 5.69 Å². The van der Waals surface area contributed by atoms with Crippen molar-refractivity contribution in [2.75, 3.05) is 0 Å². The Kier molecular flexibility index (Phi) is 1.71. The van der Waals surface area contributed by atoms with Gasteiger partial charge in [0, 0.05) is 11.3 Å². The number of nitrogens with one attached hydrogen (secondary N) is 1. The van der Waals surface area contributed by atoms with E-state index in [1.807, 2.05) is 47.1 Å². The van der Waals surface area contributed by atoms with E-state index >= 15 is 0 Å². The first-order valence-electron chi connectivity index (χ1n) is 4.71. The second-order valence-electron chi connectivity index (χ2n) is 3.23. The monoisotopic (exact) mass is 197 g/mol.